The maximum Gasteiger partial charge on any atom is 0.227 e. The number of ether oxygens (including phenoxy) is 1. The molecule has 0 saturated heterocycles. The van der Waals surface area contributed by atoms with Gasteiger partial charge in [0.05, 0.1) is 15.3 Å². The zero-order chi connectivity index (χ0) is 15.4. The van der Waals surface area contributed by atoms with E-state index in [-0.39, 0.29) is 0 Å². The first-order valence-corrected chi connectivity index (χ1v) is 8.04. The van der Waals surface area contributed by atoms with Crippen molar-refractivity contribution in [2.24, 2.45) is 0 Å². The number of aromatic nitrogens is 3. The molecule has 0 bridgehead atoms. The van der Waals surface area contributed by atoms with E-state index in [1.807, 2.05) is 31.2 Å². The molecule has 0 atom stereocenters. The minimum atomic E-state index is 0.426. The smallest absolute Gasteiger partial charge is 0.227 e. The van der Waals surface area contributed by atoms with Crippen LogP contribution in [-0.2, 0) is 6.61 Å². The summed E-state index contributed by atoms with van der Waals surface area (Å²) in [6.45, 7) is 2.46. The van der Waals surface area contributed by atoms with E-state index in [9.17, 15) is 0 Å². The van der Waals surface area contributed by atoms with Crippen LogP contribution in [0.25, 0.3) is 10.9 Å². The second kappa shape index (κ2) is 6.79. The number of nitrogens with zero attached hydrogens (tertiary/aromatic N) is 2. The van der Waals surface area contributed by atoms with Gasteiger partial charge in [-0.3, -0.25) is 5.10 Å². The van der Waals surface area contributed by atoms with E-state index in [4.69, 9.17) is 4.74 Å². The minimum Gasteiger partial charge on any atom is -0.472 e. The van der Waals surface area contributed by atoms with Gasteiger partial charge < -0.3 is 4.74 Å². The Balaban J connectivity index is 1.92. The van der Waals surface area contributed by atoms with Crippen molar-refractivity contribution >= 4 is 33.5 Å². The number of nitrogens with one attached hydrogen (secondary N) is 1. The van der Waals surface area contributed by atoms with Gasteiger partial charge in [0.25, 0.3) is 0 Å². The van der Waals surface area contributed by atoms with Crippen molar-refractivity contribution in [1.29, 1.82) is 0 Å². The average Bonchev–Trinajstić information content (AvgIpc) is 2.98. The van der Waals surface area contributed by atoms with Gasteiger partial charge in [0.15, 0.2) is 0 Å². The van der Waals surface area contributed by atoms with Crippen molar-refractivity contribution < 1.29 is 4.74 Å². The van der Waals surface area contributed by atoms with Crippen LogP contribution in [0.4, 0.5) is 0 Å². The lowest BCUT2D eigenvalue weighted by Gasteiger charge is -2.09. The predicted octanol–water partition coefficient (Wildman–Crippen LogP) is 3.90. The van der Waals surface area contributed by atoms with E-state index in [2.05, 4.69) is 49.6 Å². The van der Waals surface area contributed by atoms with E-state index in [0.717, 1.165) is 32.0 Å². The number of fused-ring (bicyclic) bond motifs is 1. The lowest BCUT2D eigenvalue weighted by molar-refractivity contribution is 0.291. The third kappa shape index (κ3) is 3.22. The van der Waals surface area contributed by atoms with E-state index >= 15 is 0 Å². The van der Waals surface area contributed by atoms with Gasteiger partial charge in [0.2, 0.25) is 5.88 Å². The van der Waals surface area contributed by atoms with Crippen molar-refractivity contribution in [3.8, 4) is 17.7 Å². The molecule has 110 valence electrons. The molecule has 2 aromatic heterocycles. The standard InChI is InChI=1S/C17H14IN3O/c1-2-3-5-12-8-13-10-20-21-16(13)9-14(12)11-22-17-15(18)6-4-7-19-17/h4,6-10H,2,11H2,1H3,(H,20,21). The molecule has 0 amide bonds. The number of H-pyrrole nitrogens is 1. The Morgan fingerprint density at radius 2 is 2.27 bits per heavy atom. The Morgan fingerprint density at radius 1 is 1.36 bits per heavy atom. The Morgan fingerprint density at radius 3 is 3.09 bits per heavy atom. The minimum absolute atomic E-state index is 0.426. The molecule has 4 nitrogen and oxygen atoms in total. The summed E-state index contributed by atoms with van der Waals surface area (Å²) in [4.78, 5) is 4.25. The number of halogens is 1. The first-order valence-electron chi connectivity index (χ1n) is 6.96. The molecule has 0 radical (unpaired) electrons. The van der Waals surface area contributed by atoms with E-state index < -0.39 is 0 Å². The number of benzene rings is 1. The average molecular weight is 403 g/mol. The fraction of sp³-hybridized carbons (Fsp3) is 0.176. The number of hydrogen-bond donors (Lipinski definition) is 1. The highest BCUT2D eigenvalue weighted by Gasteiger charge is 2.08. The molecule has 0 aliphatic rings. The summed E-state index contributed by atoms with van der Waals surface area (Å²) in [6, 6.07) is 7.95. The number of pyridine rings is 1. The number of aromatic amines is 1. The van der Waals surface area contributed by atoms with Crippen LogP contribution in [0.1, 0.15) is 24.5 Å². The molecular weight excluding hydrogens is 389 g/mol. The van der Waals surface area contributed by atoms with Gasteiger partial charge in [-0.25, -0.2) is 4.98 Å². The first-order chi connectivity index (χ1) is 10.8. The molecule has 0 spiro atoms. The molecule has 0 aliphatic carbocycles. The zero-order valence-electron chi connectivity index (χ0n) is 12.1. The summed E-state index contributed by atoms with van der Waals surface area (Å²) in [5.74, 6) is 6.96. The van der Waals surface area contributed by atoms with E-state index in [1.165, 1.54) is 0 Å². The van der Waals surface area contributed by atoms with Crippen LogP contribution in [0.3, 0.4) is 0 Å². The molecule has 2 heterocycles. The lowest BCUT2D eigenvalue weighted by Crippen LogP contribution is -2.01. The SMILES string of the molecule is CCC#Cc1cc2cn[nH]c2cc1COc1ncccc1I. The molecule has 0 saturated carbocycles. The van der Waals surface area contributed by atoms with Crippen LogP contribution in [0.5, 0.6) is 5.88 Å². The van der Waals surface area contributed by atoms with Crippen LogP contribution in [0.15, 0.2) is 36.7 Å². The zero-order valence-corrected chi connectivity index (χ0v) is 14.2. The third-order valence-corrected chi connectivity index (χ3v) is 3.97. The Kier molecular flexibility index (Phi) is 4.59. The van der Waals surface area contributed by atoms with Crippen LogP contribution in [-0.4, -0.2) is 15.2 Å². The summed E-state index contributed by atoms with van der Waals surface area (Å²) in [5.41, 5.74) is 2.98. The van der Waals surface area contributed by atoms with Crippen LogP contribution in [0.2, 0.25) is 0 Å². The maximum atomic E-state index is 5.85. The fourth-order valence-electron chi connectivity index (χ4n) is 2.08. The van der Waals surface area contributed by atoms with Gasteiger partial charge in [-0.05, 0) is 46.9 Å². The van der Waals surface area contributed by atoms with Crippen LogP contribution >= 0.6 is 22.6 Å². The third-order valence-electron chi connectivity index (χ3n) is 3.15. The molecule has 3 rings (SSSR count). The van der Waals surface area contributed by atoms with Crippen molar-refractivity contribution in [2.75, 3.05) is 0 Å². The van der Waals surface area contributed by atoms with E-state index in [0.29, 0.717) is 12.5 Å². The summed E-state index contributed by atoms with van der Waals surface area (Å²) in [7, 11) is 0. The monoisotopic (exact) mass is 403 g/mol. The highest BCUT2D eigenvalue weighted by Crippen LogP contribution is 2.21. The summed E-state index contributed by atoms with van der Waals surface area (Å²) < 4.78 is 6.84. The predicted molar refractivity (Wildman–Crippen MR) is 94.5 cm³/mol. The number of hydrogen-bond acceptors (Lipinski definition) is 3. The summed E-state index contributed by atoms with van der Waals surface area (Å²) in [6.07, 6.45) is 4.36. The van der Waals surface area contributed by atoms with Crippen molar-refractivity contribution in [2.45, 2.75) is 20.0 Å². The molecule has 0 aliphatic heterocycles. The molecule has 0 unspecified atom stereocenters. The molecule has 0 fully saturated rings. The van der Waals surface area contributed by atoms with Gasteiger partial charge in [-0.15, -0.1) is 0 Å². The van der Waals surface area contributed by atoms with Gasteiger partial charge in [0, 0.05) is 29.1 Å². The summed E-state index contributed by atoms with van der Waals surface area (Å²) >= 11 is 2.22. The van der Waals surface area contributed by atoms with Crippen molar-refractivity contribution in [3.63, 3.8) is 0 Å². The Labute approximate surface area is 142 Å². The Bertz CT molecular complexity index is 861. The van der Waals surface area contributed by atoms with Gasteiger partial charge in [-0.1, -0.05) is 18.8 Å². The number of rotatable bonds is 3. The van der Waals surface area contributed by atoms with Gasteiger partial charge in [0.1, 0.15) is 6.61 Å². The highest BCUT2D eigenvalue weighted by atomic mass is 127. The topological polar surface area (TPSA) is 50.8 Å². The van der Waals surface area contributed by atoms with Crippen molar-refractivity contribution in [1.82, 2.24) is 15.2 Å². The van der Waals surface area contributed by atoms with Gasteiger partial charge in [-0.2, -0.15) is 5.10 Å². The van der Waals surface area contributed by atoms with E-state index in [1.54, 1.807) is 12.4 Å². The molecule has 1 aromatic carbocycles. The molecular formula is C17H14IN3O. The summed E-state index contributed by atoms with van der Waals surface area (Å²) in [5, 5.41) is 8.10. The first kappa shape index (κ1) is 14.9. The Hall–Kier alpha value is -2.07. The largest absolute Gasteiger partial charge is 0.472 e. The molecule has 22 heavy (non-hydrogen) atoms. The van der Waals surface area contributed by atoms with Crippen LogP contribution < -0.4 is 4.74 Å². The maximum absolute atomic E-state index is 5.85. The van der Waals surface area contributed by atoms with Crippen LogP contribution in [0, 0.1) is 15.4 Å². The molecule has 1 N–H and O–H groups in total. The molecule has 5 heteroatoms. The fourth-order valence-corrected chi connectivity index (χ4v) is 2.58. The molecule has 3 aromatic rings. The second-order valence-electron chi connectivity index (χ2n) is 4.70. The van der Waals surface area contributed by atoms with Crippen molar-refractivity contribution in [3.05, 3.63) is 51.4 Å². The lowest BCUT2D eigenvalue weighted by atomic mass is 10.1. The second-order valence-corrected chi connectivity index (χ2v) is 5.86. The normalized spacial score (nSPS) is 10.3. The van der Waals surface area contributed by atoms with Gasteiger partial charge >= 0.3 is 0 Å². The quantitative estimate of drug-likeness (QED) is 0.533. The highest BCUT2D eigenvalue weighted by molar-refractivity contribution is 14.1.